The van der Waals surface area contributed by atoms with Crippen LogP contribution in [-0.4, -0.2) is 37.2 Å². The number of carbonyl (C=O) groups excluding carboxylic acids is 3. The third-order valence-electron chi connectivity index (χ3n) is 14.3. The molecule has 6 heteroatoms. The second kappa shape index (κ2) is 65.8. The summed E-state index contributed by atoms with van der Waals surface area (Å²) < 4.78 is 16.9. The Morgan fingerprint density at radius 3 is 0.808 bits per heavy atom. The van der Waals surface area contributed by atoms with Crippen LogP contribution in [0.25, 0.3) is 0 Å². The molecule has 0 heterocycles. The van der Waals surface area contributed by atoms with Gasteiger partial charge in [-0.3, -0.25) is 14.4 Å². The van der Waals surface area contributed by atoms with Gasteiger partial charge in [-0.15, -0.1) is 0 Å². The first-order chi connectivity index (χ1) is 38.5. The van der Waals surface area contributed by atoms with E-state index in [1.165, 1.54) is 173 Å². The van der Waals surface area contributed by atoms with Gasteiger partial charge in [0.05, 0.1) is 0 Å². The molecule has 0 N–H and O–H groups in total. The Morgan fingerprint density at radius 1 is 0.269 bits per heavy atom. The number of unbranched alkanes of at least 4 members (excludes halogenated alkanes) is 33. The van der Waals surface area contributed by atoms with E-state index in [1.54, 1.807) is 0 Å². The second-order valence-electron chi connectivity index (χ2n) is 22.0. The van der Waals surface area contributed by atoms with Crippen molar-refractivity contribution >= 4 is 17.9 Å². The summed E-state index contributed by atoms with van der Waals surface area (Å²) >= 11 is 0. The maximum absolute atomic E-state index is 12.9. The summed E-state index contributed by atoms with van der Waals surface area (Å²) in [5.41, 5.74) is 0. The Hall–Kier alpha value is -3.67. The molecule has 1 atom stereocenters. The highest BCUT2D eigenvalue weighted by atomic mass is 16.6. The van der Waals surface area contributed by atoms with Crippen molar-refractivity contribution in [3.05, 3.63) is 97.2 Å². The smallest absolute Gasteiger partial charge is 0.306 e. The van der Waals surface area contributed by atoms with Gasteiger partial charge in [-0.25, -0.2) is 0 Å². The van der Waals surface area contributed by atoms with Gasteiger partial charge in [-0.05, 0) is 96.3 Å². The Labute approximate surface area is 483 Å². The molecule has 0 aromatic carbocycles. The largest absolute Gasteiger partial charge is 0.462 e. The van der Waals surface area contributed by atoms with E-state index >= 15 is 0 Å². The normalized spacial score (nSPS) is 12.7. The van der Waals surface area contributed by atoms with Crippen molar-refractivity contribution in [1.82, 2.24) is 0 Å². The predicted molar refractivity (Wildman–Crippen MR) is 339 cm³/mol. The minimum atomic E-state index is -0.797. The van der Waals surface area contributed by atoms with Crippen molar-refractivity contribution in [1.29, 1.82) is 0 Å². The van der Waals surface area contributed by atoms with E-state index in [4.69, 9.17) is 14.2 Å². The molecule has 0 aliphatic carbocycles. The third-order valence-corrected chi connectivity index (χ3v) is 14.3. The molecule has 1 unspecified atom stereocenters. The predicted octanol–water partition coefficient (Wildman–Crippen LogP) is 22.8. The zero-order valence-corrected chi connectivity index (χ0v) is 51.4. The summed E-state index contributed by atoms with van der Waals surface area (Å²) in [5.74, 6) is -0.923. The molecule has 0 fully saturated rings. The zero-order chi connectivity index (χ0) is 56.4. The zero-order valence-electron chi connectivity index (χ0n) is 51.4. The quantitative estimate of drug-likeness (QED) is 0.0261. The number of hydrogen-bond donors (Lipinski definition) is 0. The summed E-state index contributed by atoms with van der Waals surface area (Å²) in [7, 11) is 0. The van der Waals surface area contributed by atoms with Crippen molar-refractivity contribution in [2.45, 2.75) is 329 Å². The van der Waals surface area contributed by atoms with Gasteiger partial charge in [0.25, 0.3) is 0 Å². The molecule has 0 rings (SSSR count). The van der Waals surface area contributed by atoms with Crippen molar-refractivity contribution in [2.24, 2.45) is 0 Å². The van der Waals surface area contributed by atoms with E-state index in [-0.39, 0.29) is 31.1 Å². The summed E-state index contributed by atoms with van der Waals surface area (Å²) in [5, 5.41) is 0. The van der Waals surface area contributed by atoms with Gasteiger partial charge in [0.2, 0.25) is 0 Å². The van der Waals surface area contributed by atoms with Crippen LogP contribution < -0.4 is 0 Å². The van der Waals surface area contributed by atoms with E-state index in [9.17, 15) is 14.4 Å². The Balaban J connectivity index is 4.36. The van der Waals surface area contributed by atoms with Gasteiger partial charge >= 0.3 is 17.9 Å². The van der Waals surface area contributed by atoms with E-state index < -0.39 is 6.10 Å². The average Bonchev–Trinajstić information content (AvgIpc) is 3.44. The topological polar surface area (TPSA) is 78.9 Å². The van der Waals surface area contributed by atoms with E-state index in [0.717, 1.165) is 109 Å². The molecule has 0 aromatic rings. The Morgan fingerprint density at radius 2 is 0.500 bits per heavy atom. The number of rotatable bonds is 60. The molecule has 0 aliphatic rings. The van der Waals surface area contributed by atoms with Gasteiger partial charge < -0.3 is 14.2 Å². The molecule has 0 aromatic heterocycles. The van der Waals surface area contributed by atoms with Crippen LogP contribution in [0, 0.1) is 0 Å². The van der Waals surface area contributed by atoms with Crippen molar-refractivity contribution in [3.63, 3.8) is 0 Å². The highest BCUT2D eigenvalue weighted by Gasteiger charge is 2.19. The van der Waals surface area contributed by atoms with Crippen molar-refractivity contribution < 1.29 is 28.6 Å². The molecule has 6 nitrogen and oxygen atoms in total. The van der Waals surface area contributed by atoms with Gasteiger partial charge in [0.1, 0.15) is 13.2 Å². The van der Waals surface area contributed by atoms with E-state index in [0.29, 0.717) is 19.3 Å². The lowest BCUT2D eigenvalue weighted by Crippen LogP contribution is -2.30. The first-order valence-electron chi connectivity index (χ1n) is 33.2. The Kier molecular flexibility index (Phi) is 62.7. The van der Waals surface area contributed by atoms with Crippen molar-refractivity contribution in [2.75, 3.05) is 13.2 Å². The standard InChI is InChI=1S/C72H124O6/c1-4-7-10-13-16-19-22-25-28-30-32-34-36-38-39-41-44-47-50-53-56-59-62-65-71(74)77-68-69(67-76-70(73)64-61-58-55-52-49-46-43-27-24-21-18-15-12-9-6-3)78-72(75)66-63-60-57-54-51-48-45-42-40-37-35-33-31-29-26-23-20-17-14-11-8-5-2/h7,9-10,12,16,18-19,21,25,27-28,32,34,43,49,52,69H,4-6,8,11,13-15,17,20,22-24,26,29-31,33,35-42,44-48,50-51,53-68H2,1-3H3/b10-7-,12-9-,19-16-,21-18-,28-25-,34-32-,43-27-,52-49-. The van der Waals surface area contributed by atoms with Gasteiger partial charge in [-0.1, -0.05) is 304 Å². The number of allylic oxidation sites excluding steroid dienone is 16. The summed E-state index contributed by atoms with van der Waals surface area (Å²) in [6, 6.07) is 0. The molecule has 0 saturated heterocycles. The van der Waals surface area contributed by atoms with Gasteiger partial charge in [0.15, 0.2) is 6.10 Å². The SMILES string of the molecule is CC/C=C\C/C=C\C/C=C\C/C=C\CCCCCCCCCCCCC(=O)OCC(COC(=O)CCCC/C=C\C/C=C\C/C=C\C/C=C\CC)OC(=O)CCCCCCCCCCCCCCCCCCCCCCCC. The van der Waals surface area contributed by atoms with Crippen LogP contribution >= 0.6 is 0 Å². The monoisotopic (exact) mass is 1080 g/mol. The van der Waals surface area contributed by atoms with Gasteiger partial charge in [-0.2, -0.15) is 0 Å². The molecule has 0 aliphatic heterocycles. The van der Waals surface area contributed by atoms with E-state index in [2.05, 4.69) is 118 Å². The fourth-order valence-corrected chi connectivity index (χ4v) is 9.43. The number of esters is 3. The fraction of sp³-hybridized carbons (Fsp3) is 0.736. The summed E-state index contributed by atoms with van der Waals surface area (Å²) in [6.45, 7) is 6.42. The molecule has 0 amide bonds. The van der Waals surface area contributed by atoms with E-state index in [1.807, 2.05) is 0 Å². The molecular weight excluding hydrogens is 961 g/mol. The first-order valence-corrected chi connectivity index (χ1v) is 33.2. The Bertz CT molecular complexity index is 1530. The molecule has 0 radical (unpaired) electrons. The van der Waals surface area contributed by atoms with Crippen LogP contribution in [0.3, 0.4) is 0 Å². The van der Waals surface area contributed by atoms with Crippen LogP contribution in [-0.2, 0) is 28.6 Å². The van der Waals surface area contributed by atoms with Gasteiger partial charge in [0, 0.05) is 19.3 Å². The molecule has 0 saturated carbocycles. The third kappa shape index (κ3) is 63.2. The number of ether oxygens (including phenoxy) is 3. The van der Waals surface area contributed by atoms with Crippen LogP contribution in [0.4, 0.5) is 0 Å². The lowest BCUT2D eigenvalue weighted by atomic mass is 10.0. The average molecular weight is 1090 g/mol. The lowest BCUT2D eigenvalue weighted by molar-refractivity contribution is -0.167. The lowest BCUT2D eigenvalue weighted by Gasteiger charge is -2.18. The highest BCUT2D eigenvalue weighted by Crippen LogP contribution is 2.17. The molecule has 78 heavy (non-hydrogen) atoms. The minimum absolute atomic E-state index is 0.0908. The molecule has 0 spiro atoms. The number of hydrogen-bond acceptors (Lipinski definition) is 6. The van der Waals surface area contributed by atoms with Crippen LogP contribution in [0.1, 0.15) is 323 Å². The second-order valence-corrected chi connectivity index (χ2v) is 22.0. The first kappa shape index (κ1) is 74.3. The molecule has 0 bridgehead atoms. The fourth-order valence-electron chi connectivity index (χ4n) is 9.43. The summed E-state index contributed by atoms with van der Waals surface area (Å²) in [4.78, 5) is 38.4. The minimum Gasteiger partial charge on any atom is -0.462 e. The highest BCUT2D eigenvalue weighted by molar-refractivity contribution is 5.71. The number of carbonyl (C=O) groups is 3. The van der Waals surface area contributed by atoms with Crippen LogP contribution in [0.15, 0.2) is 97.2 Å². The molecular formula is C72H124O6. The maximum Gasteiger partial charge on any atom is 0.306 e. The summed E-state index contributed by atoms with van der Waals surface area (Å²) in [6.07, 6.45) is 88.5. The van der Waals surface area contributed by atoms with Crippen LogP contribution in [0.2, 0.25) is 0 Å². The maximum atomic E-state index is 12.9. The molecule has 448 valence electrons. The van der Waals surface area contributed by atoms with Crippen LogP contribution in [0.5, 0.6) is 0 Å². The van der Waals surface area contributed by atoms with Crippen molar-refractivity contribution in [3.8, 4) is 0 Å².